The Labute approximate surface area is 103 Å². The lowest BCUT2D eigenvalue weighted by Gasteiger charge is -2.22. The second-order valence-corrected chi connectivity index (χ2v) is 5.19. The van der Waals surface area contributed by atoms with Crippen molar-refractivity contribution in [2.45, 2.75) is 44.9 Å². The Kier molecular flexibility index (Phi) is 4.60. The van der Waals surface area contributed by atoms with Crippen molar-refractivity contribution in [1.29, 1.82) is 0 Å². The Balaban J connectivity index is 1.89. The number of carbonyl (C=O) groups excluding carboxylic acids is 1. The van der Waals surface area contributed by atoms with E-state index in [0.29, 0.717) is 13.2 Å². The van der Waals surface area contributed by atoms with E-state index in [1.54, 1.807) is 0 Å². The van der Waals surface area contributed by atoms with Crippen LogP contribution in [0.2, 0.25) is 0 Å². The zero-order valence-corrected chi connectivity index (χ0v) is 10.4. The monoisotopic (exact) mass is 238 g/mol. The fraction of sp³-hybridized carbons (Fsp3) is 0.786. The van der Waals surface area contributed by atoms with Crippen molar-refractivity contribution in [2.75, 3.05) is 13.2 Å². The van der Waals surface area contributed by atoms with Crippen LogP contribution in [-0.2, 0) is 9.53 Å². The molecule has 17 heavy (non-hydrogen) atoms. The van der Waals surface area contributed by atoms with Crippen LogP contribution in [0, 0.1) is 11.8 Å². The van der Waals surface area contributed by atoms with E-state index in [-0.39, 0.29) is 23.4 Å². The van der Waals surface area contributed by atoms with Crippen LogP contribution < -0.4 is 0 Å². The van der Waals surface area contributed by atoms with Gasteiger partial charge in [0.1, 0.15) is 0 Å². The molecule has 3 heteroatoms. The molecule has 1 aliphatic heterocycles. The highest BCUT2D eigenvalue weighted by molar-refractivity contribution is 5.92. The van der Waals surface area contributed by atoms with Gasteiger partial charge in [0.05, 0.1) is 5.76 Å². The van der Waals surface area contributed by atoms with Gasteiger partial charge in [-0.15, -0.1) is 0 Å². The van der Waals surface area contributed by atoms with Crippen LogP contribution in [0.25, 0.3) is 0 Å². The first-order valence-corrected chi connectivity index (χ1v) is 6.79. The molecule has 1 aliphatic carbocycles. The average Bonchev–Trinajstić information content (AvgIpc) is 2.40. The maximum absolute atomic E-state index is 12.0. The molecule has 0 atom stereocenters. The smallest absolute Gasteiger partial charge is 0.162 e. The molecule has 1 N–H and O–H groups in total. The van der Waals surface area contributed by atoms with Gasteiger partial charge in [-0.1, -0.05) is 19.3 Å². The molecular formula is C14H22O3. The molecule has 0 aromatic carbocycles. The van der Waals surface area contributed by atoms with Crippen LogP contribution >= 0.6 is 0 Å². The minimum Gasteiger partial charge on any atom is -0.512 e. The Morgan fingerprint density at radius 3 is 2.29 bits per heavy atom. The highest BCUT2D eigenvalue weighted by Crippen LogP contribution is 2.27. The van der Waals surface area contributed by atoms with Crippen molar-refractivity contribution < 1.29 is 14.6 Å². The number of rotatable bonds is 3. The summed E-state index contributed by atoms with van der Waals surface area (Å²) in [6.07, 6.45) is 8.71. The quantitative estimate of drug-likeness (QED) is 0.607. The molecular weight excluding hydrogens is 216 g/mol. The summed E-state index contributed by atoms with van der Waals surface area (Å²) in [4.78, 5) is 12.0. The molecule has 0 spiro atoms. The van der Waals surface area contributed by atoms with Crippen molar-refractivity contribution >= 4 is 5.78 Å². The van der Waals surface area contributed by atoms with Crippen molar-refractivity contribution in [2.24, 2.45) is 11.8 Å². The number of aliphatic hydroxyl groups is 1. The standard InChI is InChI=1S/C14H22O3/c15-13(11-4-2-1-3-5-11)10-14(16)12-6-8-17-9-7-12/h10-12,16H,1-9H2/b14-10-. The Bertz CT molecular complexity index is 284. The fourth-order valence-electron chi connectivity index (χ4n) is 2.76. The Morgan fingerprint density at radius 2 is 1.65 bits per heavy atom. The van der Waals surface area contributed by atoms with Crippen LogP contribution in [0.5, 0.6) is 0 Å². The van der Waals surface area contributed by atoms with Crippen molar-refractivity contribution in [3.8, 4) is 0 Å². The Hall–Kier alpha value is -0.830. The van der Waals surface area contributed by atoms with E-state index < -0.39 is 0 Å². The molecule has 2 rings (SSSR count). The first kappa shape index (κ1) is 12.6. The van der Waals surface area contributed by atoms with Crippen LogP contribution in [0.1, 0.15) is 44.9 Å². The molecule has 1 heterocycles. The van der Waals surface area contributed by atoms with Gasteiger partial charge in [-0.2, -0.15) is 0 Å². The summed E-state index contributed by atoms with van der Waals surface area (Å²) in [6.45, 7) is 1.39. The number of hydrogen-bond acceptors (Lipinski definition) is 3. The number of aliphatic hydroxyl groups excluding tert-OH is 1. The highest BCUT2D eigenvalue weighted by Gasteiger charge is 2.23. The third-order valence-corrected chi connectivity index (χ3v) is 3.94. The first-order chi connectivity index (χ1) is 8.27. The van der Waals surface area contributed by atoms with Crippen LogP contribution in [-0.4, -0.2) is 24.1 Å². The van der Waals surface area contributed by atoms with E-state index >= 15 is 0 Å². The average molecular weight is 238 g/mol. The van der Waals surface area contributed by atoms with E-state index in [1.165, 1.54) is 12.5 Å². The van der Waals surface area contributed by atoms with Gasteiger partial charge < -0.3 is 9.84 Å². The summed E-state index contributed by atoms with van der Waals surface area (Å²) in [5, 5.41) is 9.96. The molecule has 1 saturated heterocycles. The second-order valence-electron chi connectivity index (χ2n) is 5.19. The van der Waals surface area contributed by atoms with Crippen molar-refractivity contribution in [3.63, 3.8) is 0 Å². The summed E-state index contributed by atoms with van der Waals surface area (Å²) in [6, 6.07) is 0. The van der Waals surface area contributed by atoms with Crippen LogP contribution in [0.15, 0.2) is 11.8 Å². The molecule has 0 bridgehead atoms. The Morgan fingerprint density at radius 1 is 1.00 bits per heavy atom. The van der Waals surface area contributed by atoms with Gasteiger partial charge in [0.2, 0.25) is 0 Å². The molecule has 96 valence electrons. The van der Waals surface area contributed by atoms with E-state index in [0.717, 1.165) is 38.5 Å². The highest BCUT2D eigenvalue weighted by atomic mass is 16.5. The molecule has 2 fully saturated rings. The minimum atomic E-state index is 0.133. The van der Waals surface area contributed by atoms with Gasteiger partial charge in [-0.3, -0.25) is 4.79 Å². The van der Waals surface area contributed by atoms with Crippen molar-refractivity contribution in [1.82, 2.24) is 0 Å². The third kappa shape index (κ3) is 3.56. The zero-order valence-electron chi connectivity index (χ0n) is 10.4. The fourth-order valence-corrected chi connectivity index (χ4v) is 2.76. The zero-order chi connectivity index (χ0) is 12.1. The molecule has 0 radical (unpaired) electrons. The van der Waals surface area contributed by atoms with Gasteiger partial charge in [-0.05, 0) is 25.7 Å². The molecule has 2 aliphatic rings. The maximum atomic E-state index is 12.0. The lowest BCUT2D eigenvalue weighted by molar-refractivity contribution is -0.119. The summed E-state index contributed by atoms with van der Waals surface area (Å²) in [5.41, 5.74) is 0. The normalized spacial score (nSPS) is 24.8. The summed E-state index contributed by atoms with van der Waals surface area (Å²) in [5.74, 6) is 0.708. The SMILES string of the molecule is O=C(/C=C(\O)C1CCOCC1)C1CCCCC1. The molecule has 0 aromatic heterocycles. The summed E-state index contributed by atoms with van der Waals surface area (Å²) >= 11 is 0. The summed E-state index contributed by atoms with van der Waals surface area (Å²) in [7, 11) is 0. The third-order valence-electron chi connectivity index (χ3n) is 3.94. The molecule has 0 amide bonds. The van der Waals surface area contributed by atoms with Gasteiger partial charge >= 0.3 is 0 Å². The van der Waals surface area contributed by atoms with Gasteiger partial charge in [0.25, 0.3) is 0 Å². The van der Waals surface area contributed by atoms with E-state index in [4.69, 9.17) is 4.74 Å². The van der Waals surface area contributed by atoms with Crippen LogP contribution in [0.4, 0.5) is 0 Å². The second kappa shape index (κ2) is 6.20. The predicted molar refractivity (Wildman–Crippen MR) is 65.8 cm³/mol. The van der Waals surface area contributed by atoms with E-state index in [2.05, 4.69) is 0 Å². The first-order valence-electron chi connectivity index (χ1n) is 6.79. The number of hydrogen-bond donors (Lipinski definition) is 1. The largest absolute Gasteiger partial charge is 0.512 e. The molecule has 0 aromatic rings. The molecule has 1 saturated carbocycles. The summed E-state index contributed by atoms with van der Waals surface area (Å²) < 4.78 is 5.25. The predicted octanol–water partition coefficient (Wildman–Crippen LogP) is 3.00. The lowest BCUT2D eigenvalue weighted by atomic mass is 9.85. The maximum Gasteiger partial charge on any atom is 0.162 e. The van der Waals surface area contributed by atoms with Crippen LogP contribution in [0.3, 0.4) is 0 Å². The number of ketones is 1. The van der Waals surface area contributed by atoms with Crippen molar-refractivity contribution in [3.05, 3.63) is 11.8 Å². The van der Waals surface area contributed by atoms with Gasteiger partial charge in [-0.25, -0.2) is 0 Å². The number of ether oxygens (including phenoxy) is 1. The minimum absolute atomic E-state index is 0.133. The molecule has 3 nitrogen and oxygen atoms in total. The molecule has 0 unspecified atom stereocenters. The number of carbonyl (C=O) groups is 1. The lowest BCUT2D eigenvalue weighted by Crippen LogP contribution is -2.20. The number of allylic oxidation sites excluding steroid dienone is 2. The van der Waals surface area contributed by atoms with E-state index in [1.807, 2.05) is 0 Å². The van der Waals surface area contributed by atoms with Gasteiger partial charge in [0, 0.05) is 31.1 Å². The topological polar surface area (TPSA) is 46.5 Å². The van der Waals surface area contributed by atoms with E-state index in [9.17, 15) is 9.90 Å². The van der Waals surface area contributed by atoms with Gasteiger partial charge in [0.15, 0.2) is 5.78 Å².